The van der Waals surface area contributed by atoms with Crippen molar-refractivity contribution in [3.05, 3.63) is 159 Å². The standard InChI is InChI=1S/C39H34Br2N2O4S/c40-33-16-7-4-11-28(33)25-39(38(45)42-26-29-12-5-9-18-35(29)48-31-13-2-1-3-14-31)36(32-15-6-8-17-34(32)41)47-37(43-39)27-19-21-30(22-20-27)46-24-10-23-44/h1-9,11-22,36,44H,10,23-26H2,(H,42,45)/t36-,39-/m1/s1. The Balaban J connectivity index is 1.38. The molecule has 0 fully saturated rings. The van der Waals surface area contributed by atoms with Gasteiger partial charge in [0.2, 0.25) is 5.90 Å². The van der Waals surface area contributed by atoms with E-state index in [1.54, 1.807) is 11.8 Å². The van der Waals surface area contributed by atoms with Gasteiger partial charge in [0, 0.05) is 55.9 Å². The van der Waals surface area contributed by atoms with Crippen LogP contribution in [0.3, 0.4) is 0 Å². The number of nitrogens with one attached hydrogen (secondary N) is 1. The lowest BCUT2D eigenvalue weighted by molar-refractivity contribution is -0.129. The molecule has 0 radical (unpaired) electrons. The number of carbonyl (C=O) groups excluding carboxylic acids is 1. The van der Waals surface area contributed by atoms with E-state index in [0.29, 0.717) is 37.6 Å². The van der Waals surface area contributed by atoms with Crippen molar-refractivity contribution in [1.29, 1.82) is 0 Å². The Kier molecular flexibility index (Phi) is 11.3. The molecular formula is C39H34Br2N2O4S. The monoisotopic (exact) mass is 784 g/mol. The van der Waals surface area contributed by atoms with Gasteiger partial charge in [-0.25, -0.2) is 4.99 Å². The summed E-state index contributed by atoms with van der Waals surface area (Å²) >= 11 is 9.11. The Hall–Kier alpha value is -3.89. The van der Waals surface area contributed by atoms with Crippen molar-refractivity contribution in [2.45, 2.75) is 40.8 Å². The van der Waals surface area contributed by atoms with Crippen molar-refractivity contribution in [3.8, 4) is 5.75 Å². The van der Waals surface area contributed by atoms with Crippen LogP contribution in [0, 0.1) is 0 Å². The van der Waals surface area contributed by atoms with Gasteiger partial charge in [-0.05, 0) is 65.7 Å². The van der Waals surface area contributed by atoms with Crippen LogP contribution in [0.15, 0.2) is 151 Å². The van der Waals surface area contributed by atoms with E-state index >= 15 is 0 Å². The number of rotatable bonds is 13. The summed E-state index contributed by atoms with van der Waals surface area (Å²) < 4.78 is 14.2. The predicted molar refractivity (Wildman–Crippen MR) is 198 cm³/mol. The maximum atomic E-state index is 14.8. The number of ether oxygens (including phenoxy) is 2. The summed E-state index contributed by atoms with van der Waals surface area (Å²) in [7, 11) is 0. The minimum Gasteiger partial charge on any atom is -0.494 e. The van der Waals surface area contributed by atoms with E-state index in [2.05, 4.69) is 55.4 Å². The lowest BCUT2D eigenvalue weighted by Crippen LogP contribution is -2.49. The average Bonchev–Trinajstić information content (AvgIpc) is 3.50. The molecule has 48 heavy (non-hydrogen) atoms. The smallest absolute Gasteiger partial charge is 0.252 e. The van der Waals surface area contributed by atoms with Crippen molar-refractivity contribution in [1.82, 2.24) is 5.32 Å². The molecule has 2 atom stereocenters. The van der Waals surface area contributed by atoms with Crippen LogP contribution in [0.5, 0.6) is 5.75 Å². The van der Waals surface area contributed by atoms with Gasteiger partial charge in [-0.2, -0.15) is 0 Å². The predicted octanol–water partition coefficient (Wildman–Crippen LogP) is 8.94. The molecule has 0 bridgehead atoms. The Morgan fingerprint density at radius 3 is 2.23 bits per heavy atom. The third-order valence-corrected chi connectivity index (χ3v) is 10.6. The lowest BCUT2D eigenvalue weighted by Gasteiger charge is -2.31. The third-order valence-electron chi connectivity index (χ3n) is 8.02. The molecule has 5 aromatic rings. The first kappa shape index (κ1) is 34.0. The summed E-state index contributed by atoms with van der Waals surface area (Å²) in [5, 5.41) is 12.4. The van der Waals surface area contributed by atoms with Crippen LogP contribution in [0.2, 0.25) is 0 Å². The van der Waals surface area contributed by atoms with E-state index in [-0.39, 0.29) is 12.5 Å². The number of amides is 1. The number of aliphatic hydroxyl groups excluding tert-OH is 1. The van der Waals surface area contributed by atoms with E-state index in [9.17, 15) is 4.79 Å². The highest BCUT2D eigenvalue weighted by Gasteiger charge is 2.54. The molecule has 1 aliphatic heterocycles. The zero-order chi connectivity index (χ0) is 33.3. The highest BCUT2D eigenvalue weighted by atomic mass is 79.9. The SMILES string of the molecule is O=C(NCc1ccccc1Sc1ccccc1)[C@]1(Cc2ccccc2Br)N=C(c2ccc(OCCCO)cc2)O[C@@H]1c1ccccc1Br. The van der Waals surface area contributed by atoms with Crippen molar-refractivity contribution >= 4 is 55.4 Å². The molecule has 0 saturated heterocycles. The summed E-state index contributed by atoms with van der Waals surface area (Å²) in [6.45, 7) is 0.803. The first-order valence-corrected chi connectivity index (χ1v) is 18.0. The first-order valence-electron chi connectivity index (χ1n) is 15.6. The Labute approximate surface area is 301 Å². The highest BCUT2D eigenvalue weighted by Crippen LogP contribution is 2.45. The quantitative estimate of drug-likeness (QED) is 0.117. The largest absolute Gasteiger partial charge is 0.494 e. The number of nitrogens with zero attached hydrogens (tertiary/aromatic N) is 1. The molecule has 5 aromatic carbocycles. The molecule has 1 amide bonds. The van der Waals surface area contributed by atoms with Crippen LogP contribution in [0.4, 0.5) is 0 Å². The van der Waals surface area contributed by atoms with Crippen molar-refractivity contribution in [2.75, 3.05) is 13.2 Å². The fourth-order valence-corrected chi connectivity index (χ4v) is 7.46. The Bertz CT molecular complexity index is 1890. The van der Waals surface area contributed by atoms with Crippen molar-refractivity contribution in [3.63, 3.8) is 0 Å². The summed E-state index contributed by atoms with van der Waals surface area (Å²) in [4.78, 5) is 22.2. The summed E-state index contributed by atoms with van der Waals surface area (Å²) in [5.74, 6) is 0.815. The third kappa shape index (κ3) is 7.87. The second kappa shape index (κ2) is 16.0. The maximum absolute atomic E-state index is 14.8. The number of aliphatic imine (C=N–C) groups is 1. The van der Waals surface area contributed by atoms with Gasteiger partial charge in [-0.1, -0.05) is 116 Å². The number of hydrogen-bond donors (Lipinski definition) is 2. The number of benzene rings is 5. The van der Waals surface area contributed by atoms with Gasteiger partial charge in [-0.3, -0.25) is 4.79 Å². The van der Waals surface area contributed by atoms with Gasteiger partial charge in [0.05, 0.1) is 6.61 Å². The minimum absolute atomic E-state index is 0.0677. The van der Waals surface area contributed by atoms with E-state index in [1.165, 1.54) is 0 Å². The molecule has 2 N–H and O–H groups in total. The fourth-order valence-electron chi connectivity index (χ4n) is 5.57. The lowest BCUT2D eigenvalue weighted by atomic mass is 9.82. The van der Waals surface area contributed by atoms with E-state index in [1.807, 2.05) is 109 Å². The van der Waals surface area contributed by atoms with Crippen LogP contribution in [0.1, 0.15) is 34.8 Å². The number of halogens is 2. The summed E-state index contributed by atoms with van der Waals surface area (Å²) in [5.41, 5.74) is 2.15. The molecular weight excluding hydrogens is 752 g/mol. The topological polar surface area (TPSA) is 80.2 Å². The van der Waals surface area contributed by atoms with E-state index in [0.717, 1.165) is 41.0 Å². The van der Waals surface area contributed by atoms with Gasteiger partial charge in [0.1, 0.15) is 5.75 Å². The van der Waals surface area contributed by atoms with Gasteiger partial charge in [0.15, 0.2) is 11.6 Å². The second-order valence-electron chi connectivity index (χ2n) is 11.3. The van der Waals surface area contributed by atoms with Crippen LogP contribution in [-0.4, -0.2) is 35.7 Å². The van der Waals surface area contributed by atoms with Crippen molar-refractivity contribution < 1.29 is 19.4 Å². The summed E-state index contributed by atoms with van der Waals surface area (Å²) in [6, 6.07) is 41.5. The number of aliphatic hydroxyl groups is 1. The molecule has 0 spiro atoms. The first-order chi connectivity index (χ1) is 23.5. The maximum Gasteiger partial charge on any atom is 0.252 e. The molecule has 1 aliphatic rings. The van der Waals surface area contributed by atoms with Crippen LogP contribution < -0.4 is 10.1 Å². The van der Waals surface area contributed by atoms with Crippen LogP contribution in [-0.2, 0) is 22.5 Å². The van der Waals surface area contributed by atoms with Crippen LogP contribution >= 0.6 is 43.6 Å². The van der Waals surface area contributed by atoms with Gasteiger partial charge in [-0.15, -0.1) is 0 Å². The molecule has 0 aromatic heterocycles. The zero-order valence-electron chi connectivity index (χ0n) is 26.0. The molecule has 9 heteroatoms. The van der Waals surface area contributed by atoms with Crippen molar-refractivity contribution in [2.24, 2.45) is 4.99 Å². The Morgan fingerprint density at radius 2 is 1.50 bits per heavy atom. The highest BCUT2D eigenvalue weighted by molar-refractivity contribution is 9.10. The molecule has 0 saturated carbocycles. The van der Waals surface area contributed by atoms with Gasteiger partial charge in [0.25, 0.3) is 5.91 Å². The summed E-state index contributed by atoms with van der Waals surface area (Å²) in [6.07, 6.45) is 0.107. The average molecular weight is 787 g/mol. The Morgan fingerprint density at radius 1 is 0.833 bits per heavy atom. The molecule has 0 aliphatic carbocycles. The van der Waals surface area contributed by atoms with Gasteiger partial charge >= 0.3 is 0 Å². The van der Waals surface area contributed by atoms with E-state index in [4.69, 9.17) is 19.6 Å². The molecule has 1 heterocycles. The molecule has 6 nitrogen and oxygen atoms in total. The zero-order valence-corrected chi connectivity index (χ0v) is 30.0. The normalized spacial score (nSPS) is 17.0. The van der Waals surface area contributed by atoms with E-state index < -0.39 is 11.6 Å². The fraction of sp³-hybridized carbons (Fsp3) is 0.179. The number of hydrogen-bond acceptors (Lipinski definition) is 6. The molecule has 0 unspecified atom stereocenters. The minimum atomic E-state index is -1.35. The molecule has 6 rings (SSSR count). The number of carbonyl (C=O) groups is 1. The second-order valence-corrected chi connectivity index (χ2v) is 14.1. The molecule has 244 valence electrons. The van der Waals surface area contributed by atoms with Gasteiger partial charge < -0.3 is 19.9 Å². The van der Waals surface area contributed by atoms with Crippen LogP contribution in [0.25, 0.3) is 0 Å².